The lowest BCUT2D eigenvalue weighted by atomic mass is 10.0. The van der Waals surface area contributed by atoms with Gasteiger partial charge in [0, 0.05) is 17.4 Å². The quantitative estimate of drug-likeness (QED) is 0.265. The van der Waals surface area contributed by atoms with Gasteiger partial charge in [0.05, 0.1) is 11.3 Å². The maximum Gasteiger partial charge on any atom is 0.257 e. The Kier molecular flexibility index (Phi) is 9.02. The molecule has 1 heterocycles. The molecule has 0 bridgehead atoms. The van der Waals surface area contributed by atoms with E-state index in [0.717, 1.165) is 23.0 Å². The van der Waals surface area contributed by atoms with Gasteiger partial charge in [0.1, 0.15) is 23.7 Å². The van der Waals surface area contributed by atoms with Crippen molar-refractivity contribution >= 4 is 23.8 Å². The summed E-state index contributed by atoms with van der Waals surface area (Å²) in [6, 6.07) is 22.7. The van der Waals surface area contributed by atoms with E-state index in [1.807, 2.05) is 49.4 Å². The van der Waals surface area contributed by atoms with Crippen molar-refractivity contribution in [3.05, 3.63) is 111 Å². The second-order valence-corrected chi connectivity index (χ2v) is 9.49. The maximum absolute atomic E-state index is 14.4. The van der Waals surface area contributed by atoms with E-state index in [-0.39, 0.29) is 11.4 Å². The molecule has 2 atom stereocenters. The number of hydrogen-bond donors (Lipinski definition) is 0. The first-order valence-electron chi connectivity index (χ1n) is 12.1. The Labute approximate surface area is 216 Å². The van der Waals surface area contributed by atoms with Crippen LogP contribution in [0.15, 0.2) is 77.6 Å². The van der Waals surface area contributed by atoms with Crippen LogP contribution < -0.4 is 15.6 Å². The number of nitrogens with zero attached hydrogens (tertiary/aromatic N) is 2. The summed E-state index contributed by atoms with van der Waals surface area (Å²) in [5, 5.41) is 0.884. The molecule has 3 aromatic carbocycles. The van der Waals surface area contributed by atoms with Gasteiger partial charge < -0.3 is 4.74 Å². The molecule has 0 saturated heterocycles. The number of hydrogen-bond acceptors (Lipinski definition) is 3. The van der Waals surface area contributed by atoms with Gasteiger partial charge in [-0.1, -0.05) is 76.8 Å². The molecule has 0 radical (unpaired) electrons. The third kappa shape index (κ3) is 5.91. The zero-order chi connectivity index (χ0) is 25.5. The molecule has 0 spiro atoms. The molecule has 186 valence electrons. The highest BCUT2D eigenvalue weighted by atomic mass is 31.0. The van der Waals surface area contributed by atoms with Crippen LogP contribution in [-0.4, -0.2) is 15.9 Å². The lowest BCUT2D eigenvalue weighted by Gasteiger charge is -2.20. The van der Waals surface area contributed by atoms with Gasteiger partial charge in [0.2, 0.25) is 0 Å². The normalized spacial score (nSPS) is 11.0. The fraction of sp³-hybridized carbons (Fsp3) is 0.241. The van der Waals surface area contributed by atoms with E-state index in [1.54, 1.807) is 16.7 Å². The minimum Gasteiger partial charge on any atom is -0.488 e. The Morgan fingerprint density at radius 1 is 0.944 bits per heavy atom. The molecule has 4 nitrogen and oxygen atoms in total. The van der Waals surface area contributed by atoms with E-state index in [2.05, 4.69) is 30.6 Å². The van der Waals surface area contributed by atoms with Crippen molar-refractivity contribution in [1.29, 1.82) is 0 Å². The minimum atomic E-state index is -0.269. The fourth-order valence-electron chi connectivity index (χ4n) is 4.43. The van der Waals surface area contributed by atoms with Crippen molar-refractivity contribution in [2.24, 2.45) is 0 Å². The van der Waals surface area contributed by atoms with E-state index >= 15 is 0 Å². The van der Waals surface area contributed by atoms with E-state index in [4.69, 9.17) is 9.72 Å². The molecule has 36 heavy (non-hydrogen) atoms. The number of halogens is 1. The van der Waals surface area contributed by atoms with Crippen LogP contribution >= 0.6 is 18.5 Å². The van der Waals surface area contributed by atoms with Gasteiger partial charge in [-0.15, -0.1) is 9.24 Å². The van der Waals surface area contributed by atoms with Crippen LogP contribution in [0.1, 0.15) is 29.3 Å². The van der Waals surface area contributed by atoms with Gasteiger partial charge in [0.25, 0.3) is 5.56 Å². The Balaban J connectivity index is 1.83. The molecule has 0 N–H and O–H groups in total. The predicted molar refractivity (Wildman–Crippen MR) is 152 cm³/mol. The van der Waals surface area contributed by atoms with Gasteiger partial charge in [-0.25, -0.2) is 9.37 Å². The summed E-state index contributed by atoms with van der Waals surface area (Å²) in [6.45, 7) is 2.30. The van der Waals surface area contributed by atoms with Crippen LogP contribution in [0.3, 0.4) is 0 Å². The smallest absolute Gasteiger partial charge is 0.257 e. The van der Waals surface area contributed by atoms with Crippen LogP contribution in [0.2, 0.25) is 0 Å². The van der Waals surface area contributed by atoms with E-state index < -0.39 is 0 Å². The predicted octanol–water partition coefficient (Wildman–Crippen LogP) is 5.35. The standard InChI is InChI=1S/C29H31FN2O2P2/c1-2-22-25(16-15-20-9-4-3-5-10-20)31-28(23-12-8-14-26(36)27(23)34-19-35)32(29(22)33)18-17-21-11-6-7-13-24(21)30/h3-14H,2,15-19,35-36H2,1H3. The second kappa shape index (κ2) is 12.4. The first-order chi connectivity index (χ1) is 17.5. The van der Waals surface area contributed by atoms with Crippen LogP contribution in [0.4, 0.5) is 4.39 Å². The number of aryl methyl sites for hydroxylation is 3. The first kappa shape index (κ1) is 26.2. The summed E-state index contributed by atoms with van der Waals surface area (Å²) in [5.74, 6) is 0.950. The second-order valence-electron chi connectivity index (χ2n) is 8.53. The Morgan fingerprint density at radius 2 is 1.69 bits per heavy atom. The highest BCUT2D eigenvalue weighted by Gasteiger charge is 2.20. The summed E-state index contributed by atoms with van der Waals surface area (Å²) < 4.78 is 22.0. The first-order valence-corrected chi connectivity index (χ1v) is 13.5. The van der Waals surface area contributed by atoms with Crippen molar-refractivity contribution in [3.8, 4) is 17.1 Å². The topological polar surface area (TPSA) is 44.1 Å². The highest BCUT2D eigenvalue weighted by Crippen LogP contribution is 2.29. The van der Waals surface area contributed by atoms with Crippen LogP contribution in [-0.2, 0) is 32.2 Å². The molecule has 0 amide bonds. The Morgan fingerprint density at radius 3 is 2.42 bits per heavy atom. The number of rotatable bonds is 10. The fourth-order valence-corrected chi connectivity index (χ4v) is 4.95. The zero-order valence-corrected chi connectivity index (χ0v) is 22.7. The number of ether oxygens (including phenoxy) is 1. The Hall–Kier alpha value is -2.87. The molecule has 4 aromatic rings. The zero-order valence-electron chi connectivity index (χ0n) is 20.4. The van der Waals surface area contributed by atoms with Crippen LogP contribution in [0, 0.1) is 5.82 Å². The molecule has 0 aliphatic carbocycles. The summed E-state index contributed by atoms with van der Waals surface area (Å²) in [6.07, 6.45) is 2.82. The van der Waals surface area contributed by atoms with Crippen molar-refractivity contribution in [2.45, 2.75) is 39.2 Å². The van der Waals surface area contributed by atoms with Crippen LogP contribution in [0.5, 0.6) is 5.75 Å². The van der Waals surface area contributed by atoms with Crippen molar-refractivity contribution in [1.82, 2.24) is 9.55 Å². The molecule has 0 aliphatic rings. The molecule has 0 fully saturated rings. The van der Waals surface area contributed by atoms with E-state index in [1.165, 1.54) is 11.6 Å². The summed E-state index contributed by atoms with van der Waals surface area (Å²) in [5.41, 5.74) is 3.95. The van der Waals surface area contributed by atoms with Crippen molar-refractivity contribution in [3.63, 3.8) is 0 Å². The highest BCUT2D eigenvalue weighted by molar-refractivity contribution is 7.27. The van der Waals surface area contributed by atoms with Crippen molar-refractivity contribution in [2.75, 3.05) is 6.35 Å². The monoisotopic (exact) mass is 520 g/mol. The van der Waals surface area contributed by atoms with Gasteiger partial charge in [0.15, 0.2) is 0 Å². The molecular formula is C29H31FN2O2P2. The Bertz CT molecular complexity index is 1390. The SMILES string of the molecule is CCc1c(CCc2ccccc2)nc(-c2cccc(P)c2OCP)n(CCc2ccccc2F)c1=O. The summed E-state index contributed by atoms with van der Waals surface area (Å²) in [7, 11) is 5.26. The van der Waals surface area contributed by atoms with Crippen LogP contribution in [0.25, 0.3) is 11.4 Å². The average molecular weight is 521 g/mol. The number of aromatic nitrogens is 2. The lowest BCUT2D eigenvalue weighted by Crippen LogP contribution is -2.30. The molecule has 2 unspecified atom stereocenters. The van der Waals surface area contributed by atoms with Gasteiger partial charge in [-0.05, 0) is 48.9 Å². The third-order valence-corrected chi connectivity index (χ3v) is 6.89. The molecule has 0 saturated carbocycles. The number of benzene rings is 3. The molecule has 0 aliphatic heterocycles. The minimum absolute atomic E-state index is 0.0760. The third-order valence-electron chi connectivity index (χ3n) is 6.27. The van der Waals surface area contributed by atoms with Gasteiger partial charge in [-0.2, -0.15) is 0 Å². The van der Waals surface area contributed by atoms with Gasteiger partial charge in [-0.3, -0.25) is 9.36 Å². The van der Waals surface area contributed by atoms with E-state index in [9.17, 15) is 9.18 Å². The van der Waals surface area contributed by atoms with Gasteiger partial charge >= 0.3 is 0 Å². The summed E-state index contributed by atoms with van der Waals surface area (Å²) >= 11 is 0. The maximum atomic E-state index is 14.4. The molecule has 7 heteroatoms. The summed E-state index contributed by atoms with van der Waals surface area (Å²) in [4.78, 5) is 18.9. The molecular weight excluding hydrogens is 489 g/mol. The number of para-hydroxylation sites is 1. The molecule has 4 rings (SSSR count). The largest absolute Gasteiger partial charge is 0.488 e. The van der Waals surface area contributed by atoms with Crippen molar-refractivity contribution < 1.29 is 9.13 Å². The molecule has 1 aromatic heterocycles. The lowest BCUT2D eigenvalue weighted by molar-refractivity contribution is 0.397. The average Bonchev–Trinajstić information content (AvgIpc) is 2.89. The van der Waals surface area contributed by atoms with E-state index in [0.29, 0.717) is 54.9 Å².